The Morgan fingerprint density at radius 1 is 1.26 bits per heavy atom. The Balaban J connectivity index is 1.47. The number of rotatable bonds is 6. The Hall–Kier alpha value is -1.42. The molecule has 2 aromatic heterocycles. The third-order valence-electron chi connectivity index (χ3n) is 4.47. The minimum absolute atomic E-state index is 0.0326. The number of hydrogen-bond donors (Lipinski definition) is 0. The molecule has 1 unspecified atom stereocenters. The predicted molar refractivity (Wildman–Crippen MR) is 112 cm³/mol. The summed E-state index contributed by atoms with van der Waals surface area (Å²) in [6.07, 6.45) is 0.519. The highest BCUT2D eigenvalue weighted by atomic mass is 32.2. The Labute approximate surface area is 170 Å². The van der Waals surface area contributed by atoms with E-state index >= 15 is 0 Å². The first-order chi connectivity index (χ1) is 13.0. The van der Waals surface area contributed by atoms with E-state index in [9.17, 15) is 13.2 Å². The minimum Gasteiger partial charge on any atom is -0.333 e. The fourth-order valence-corrected chi connectivity index (χ4v) is 7.52. The van der Waals surface area contributed by atoms with Gasteiger partial charge in [-0.1, -0.05) is 30.0 Å². The van der Waals surface area contributed by atoms with Crippen molar-refractivity contribution in [2.75, 3.05) is 17.3 Å². The van der Waals surface area contributed by atoms with Gasteiger partial charge in [-0.3, -0.25) is 4.79 Å². The lowest BCUT2D eigenvalue weighted by atomic mass is 10.2. The number of aromatic nitrogens is 1. The fourth-order valence-electron chi connectivity index (χ4n) is 3.13. The first kappa shape index (κ1) is 18.9. The number of para-hydroxylation sites is 1. The van der Waals surface area contributed by atoms with Crippen molar-refractivity contribution in [2.24, 2.45) is 0 Å². The molecule has 0 bridgehead atoms. The molecule has 3 heterocycles. The molecule has 27 heavy (non-hydrogen) atoms. The van der Waals surface area contributed by atoms with Crippen LogP contribution in [0.2, 0.25) is 0 Å². The summed E-state index contributed by atoms with van der Waals surface area (Å²) in [5.74, 6) is 0.462. The number of thiazole rings is 1. The van der Waals surface area contributed by atoms with Gasteiger partial charge >= 0.3 is 0 Å². The number of sulfone groups is 1. The van der Waals surface area contributed by atoms with Crippen molar-refractivity contribution in [3.05, 3.63) is 46.7 Å². The second-order valence-electron chi connectivity index (χ2n) is 6.39. The molecule has 0 N–H and O–H groups in total. The quantitative estimate of drug-likeness (QED) is 0.550. The van der Waals surface area contributed by atoms with E-state index in [4.69, 9.17) is 0 Å². The van der Waals surface area contributed by atoms with Gasteiger partial charge in [0, 0.05) is 10.9 Å². The first-order valence-electron chi connectivity index (χ1n) is 8.51. The molecule has 1 amide bonds. The van der Waals surface area contributed by atoms with Gasteiger partial charge in [0.05, 0.1) is 34.0 Å². The molecule has 5 nitrogen and oxygen atoms in total. The standard InChI is InChI=1S/C18H18N2O3S4/c21-17(11-25-18-19-15-5-1-2-6-16(15)26-18)20(10-14-4-3-8-24-14)13-7-9-27(22,23)12-13/h1-6,8,13H,7,9-12H2. The molecule has 1 aromatic carbocycles. The number of fused-ring (bicyclic) bond motifs is 1. The summed E-state index contributed by atoms with van der Waals surface area (Å²) in [7, 11) is -3.04. The summed E-state index contributed by atoms with van der Waals surface area (Å²) < 4.78 is 25.8. The molecule has 1 aliphatic rings. The average Bonchev–Trinajstić information content (AvgIpc) is 3.36. The van der Waals surface area contributed by atoms with Crippen LogP contribution >= 0.6 is 34.4 Å². The molecule has 142 valence electrons. The number of carbonyl (C=O) groups excluding carboxylic acids is 1. The monoisotopic (exact) mass is 438 g/mol. The lowest BCUT2D eigenvalue weighted by molar-refractivity contribution is -0.130. The molecule has 4 rings (SSSR count). The van der Waals surface area contributed by atoms with E-state index in [1.165, 1.54) is 11.8 Å². The zero-order valence-electron chi connectivity index (χ0n) is 14.4. The highest BCUT2D eigenvalue weighted by Gasteiger charge is 2.34. The molecule has 1 atom stereocenters. The molecule has 1 fully saturated rings. The molecule has 1 aliphatic heterocycles. The highest BCUT2D eigenvalue weighted by molar-refractivity contribution is 8.01. The summed E-state index contributed by atoms with van der Waals surface area (Å²) in [5, 5.41) is 1.97. The van der Waals surface area contributed by atoms with Gasteiger partial charge in [0.15, 0.2) is 14.2 Å². The number of benzene rings is 1. The average molecular weight is 439 g/mol. The van der Waals surface area contributed by atoms with Crippen molar-refractivity contribution < 1.29 is 13.2 Å². The van der Waals surface area contributed by atoms with E-state index < -0.39 is 9.84 Å². The second kappa shape index (κ2) is 7.90. The van der Waals surface area contributed by atoms with Gasteiger partial charge in [-0.05, 0) is 30.0 Å². The SMILES string of the molecule is O=C(CSc1nc2ccccc2s1)N(Cc1cccs1)C1CCS(=O)(=O)C1. The molecule has 1 saturated heterocycles. The van der Waals surface area contributed by atoms with Gasteiger partial charge in [0.25, 0.3) is 0 Å². The number of thioether (sulfide) groups is 1. The fraction of sp³-hybridized carbons (Fsp3) is 0.333. The van der Waals surface area contributed by atoms with Crippen LogP contribution in [0.15, 0.2) is 46.1 Å². The van der Waals surface area contributed by atoms with E-state index in [1.807, 2.05) is 41.8 Å². The second-order valence-corrected chi connectivity index (χ2v) is 11.9. The normalized spacial score (nSPS) is 18.7. The largest absolute Gasteiger partial charge is 0.333 e. The van der Waals surface area contributed by atoms with Crippen LogP contribution in [0.3, 0.4) is 0 Å². The molecule has 0 spiro atoms. The maximum atomic E-state index is 12.9. The van der Waals surface area contributed by atoms with Crippen LogP contribution in [-0.2, 0) is 21.2 Å². The van der Waals surface area contributed by atoms with Crippen LogP contribution in [0.5, 0.6) is 0 Å². The molecule has 9 heteroatoms. The number of nitrogens with zero attached hydrogens (tertiary/aromatic N) is 2. The van der Waals surface area contributed by atoms with Crippen LogP contribution in [0.25, 0.3) is 10.2 Å². The third kappa shape index (κ3) is 4.53. The van der Waals surface area contributed by atoms with E-state index in [0.29, 0.717) is 13.0 Å². The maximum absolute atomic E-state index is 12.9. The zero-order chi connectivity index (χ0) is 18.9. The van der Waals surface area contributed by atoms with Crippen molar-refractivity contribution >= 4 is 60.4 Å². The first-order valence-corrected chi connectivity index (χ1v) is 13.0. The van der Waals surface area contributed by atoms with Gasteiger partial charge in [-0.15, -0.1) is 22.7 Å². The molecule has 3 aromatic rings. The topological polar surface area (TPSA) is 67.3 Å². The van der Waals surface area contributed by atoms with Gasteiger partial charge in [0.2, 0.25) is 5.91 Å². The lowest BCUT2D eigenvalue weighted by Gasteiger charge is -2.27. The van der Waals surface area contributed by atoms with Crippen LogP contribution in [0.4, 0.5) is 0 Å². The summed E-state index contributed by atoms with van der Waals surface area (Å²) in [6, 6.07) is 11.6. The van der Waals surface area contributed by atoms with E-state index in [0.717, 1.165) is 19.4 Å². The highest BCUT2D eigenvalue weighted by Crippen LogP contribution is 2.30. The molecule has 0 radical (unpaired) electrons. The summed E-state index contributed by atoms with van der Waals surface area (Å²) >= 11 is 4.58. The third-order valence-corrected chi connectivity index (χ3v) is 9.24. The van der Waals surface area contributed by atoms with Crippen molar-refractivity contribution in [1.82, 2.24) is 9.88 Å². The van der Waals surface area contributed by atoms with Crippen molar-refractivity contribution in [1.29, 1.82) is 0 Å². The molecule has 0 aliphatic carbocycles. The summed E-state index contributed by atoms with van der Waals surface area (Å²) in [5.41, 5.74) is 0.940. The predicted octanol–water partition coefficient (Wildman–Crippen LogP) is 3.67. The van der Waals surface area contributed by atoms with Crippen LogP contribution in [-0.4, -0.2) is 47.5 Å². The van der Waals surface area contributed by atoms with E-state index in [-0.39, 0.29) is 29.2 Å². The number of thiophene rings is 1. The van der Waals surface area contributed by atoms with Gasteiger partial charge in [-0.25, -0.2) is 13.4 Å². The Kier molecular flexibility index (Phi) is 5.54. The Morgan fingerprint density at radius 2 is 2.11 bits per heavy atom. The van der Waals surface area contributed by atoms with Gasteiger partial charge < -0.3 is 4.90 Å². The van der Waals surface area contributed by atoms with Crippen molar-refractivity contribution in [3.8, 4) is 0 Å². The number of carbonyl (C=O) groups is 1. The van der Waals surface area contributed by atoms with Crippen LogP contribution in [0, 0.1) is 0 Å². The van der Waals surface area contributed by atoms with Crippen molar-refractivity contribution in [3.63, 3.8) is 0 Å². The van der Waals surface area contributed by atoms with Gasteiger partial charge in [-0.2, -0.15) is 0 Å². The number of amides is 1. The van der Waals surface area contributed by atoms with Crippen molar-refractivity contribution in [2.45, 2.75) is 23.3 Å². The zero-order valence-corrected chi connectivity index (χ0v) is 17.7. The summed E-state index contributed by atoms with van der Waals surface area (Å²) in [6.45, 7) is 0.469. The van der Waals surface area contributed by atoms with E-state index in [2.05, 4.69) is 4.98 Å². The van der Waals surface area contributed by atoms with Crippen LogP contribution in [0.1, 0.15) is 11.3 Å². The molecular formula is C18H18N2O3S4. The Bertz CT molecular complexity index is 1010. The van der Waals surface area contributed by atoms with Gasteiger partial charge in [0.1, 0.15) is 0 Å². The lowest BCUT2D eigenvalue weighted by Crippen LogP contribution is -2.41. The summed E-state index contributed by atoms with van der Waals surface area (Å²) in [4.78, 5) is 20.3. The smallest absolute Gasteiger partial charge is 0.233 e. The maximum Gasteiger partial charge on any atom is 0.233 e. The van der Waals surface area contributed by atoms with E-state index in [1.54, 1.807) is 27.6 Å². The molecular weight excluding hydrogens is 420 g/mol. The number of hydrogen-bond acceptors (Lipinski definition) is 7. The Morgan fingerprint density at radius 3 is 2.81 bits per heavy atom. The molecule has 0 saturated carbocycles. The van der Waals surface area contributed by atoms with Crippen LogP contribution < -0.4 is 0 Å². The minimum atomic E-state index is -3.04.